The molecule has 1 aliphatic rings. The van der Waals surface area contributed by atoms with E-state index in [1.807, 2.05) is 0 Å². The first-order chi connectivity index (χ1) is 7.04. The number of hydrogen-bond donors (Lipinski definition) is 3. The molecule has 15 heavy (non-hydrogen) atoms. The van der Waals surface area contributed by atoms with Crippen molar-refractivity contribution in [3.05, 3.63) is 0 Å². The number of aliphatic imine (C=N–C) groups is 1. The Morgan fingerprint density at radius 1 is 1.60 bits per heavy atom. The van der Waals surface area contributed by atoms with Crippen molar-refractivity contribution >= 4 is 18.2 Å². The van der Waals surface area contributed by atoms with Gasteiger partial charge < -0.3 is 21.5 Å². The average Bonchev–Trinajstić information content (AvgIpc) is 2.59. The zero-order chi connectivity index (χ0) is 11.5. The Labute approximate surface area is 86.8 Å². The molecule has 2 unspecified atom stereocenters. The maximum absolute atomic E-state index is 11.4. The van der Waals surface area contributed by atoms with Gasteiger partial charge in [0.05, 0.1) is 6.34 Å². The maximum atomic E-state index is 11.4. The molecule has 0 bridgehead atoms. The van der Waals surface area contributed by atoms with Gasteiger partial charge in [-0.1, -0.05) is 0 Å². The minimum atomic E-state index is -1.25. The molecule has 84 valence electrons. The molecule has 0 aliphatic carbocycles. The quantitative estimate of drug-likeness (QED) is 0.478. The van der Waals surface area contributed by atoms with E-state index < -0.39 is 23.4 Å². The fourth-order valence-electron chi connectivity index (χ4n) is 1.55. The largest absolute Gasteiger partial charge is 0.385 e. The minimum Gasteiger partial charge on any atom is -0.385 e. The van der Waals surface area contributed by atoms with E-state index in [-0.39, 0.29) is 13.0 Å². The van der Waals surface area contributed by atoms with Crippen molar-refractivity contribution in [2.24, 2.45) is 16.5 Å². The van der Waals surface area contributed by atoms with Gasteiger partial charge in [-0.3, -0.25) is 14.6 Å². The van der Waals surface area contributed by atoms with E-state index in [9.17, 15) is 9.59 Å². The summed E-state index contributed by atoms with van der Waals surface area (Å²) in [5.74, 6) is -1.35. The van der Waals surface area contributed by atoms with E-state index in [0.29, 0.717) is 0 Å². The molecule has 0 saturated carbocycles. The van der Waals surface area contributed by atoms with Crippen LogP contribution in [0.5, 0.6) is 0 Å². The van der Waals surface area contributed by atoms with Crippen molar-refractivity contribution in [3.8, 4) is 0 Å². The van der Waals surface area contributed by atoms with Crippen LogP contribution in [0.2, 0.25) is 0 Å². The molecule has 7 nitrogen and oxygen atoms in total. The summed E-state index contributed by atoms with van der Waals surface area (Å²) in [5, 5.41) is 2.69. The number of nitrogens with one attached hydrogen (secondary N) is 1. The molecule has 7 heteroatoms. The molecule has 1 aliphatic heterocycles. The smallest absolute Gasteiger partial charge is 0.246 e. The van der Waals surface area contributed by atoms with Gasteiger partial charge in [-0.15, -0.1) is 0 Å². The summed E-state index contributed by atoms with van der Waals surface area (Å²) < 4.78 is 4.85. The van der Waals surface area contributed by atoms with Gasteiger partial charge in [-0.2, -0.15) is 0 Å². The Kier molecular flexibility index (Phi) is 3.25. The van der Waals surface area contributed by atoms with Crippen LogP contribution in [-0.4, -0.2) is 43.5 Å². The number of primary amides is 2. The lowest BCUT2D eigenvalue weighted by Crippen LogP contribution is -2.62. The number of methoxy groups -OCH3 is 1. The first-order valence-corrected chi connectivity index (χ1v) is 4.42. The fraction of sp³-hybridized carbons (Fsp3) is 0.625. The van der Waals surface area contributed by atoms with Crippen LogP contribution in [0.15, 0.2) is 4.99 Å². The third-order valence-electron chi connectivity index (χ3n) is 2.42. The first-order valence-electron chi connectivity index (χ1n) is 4.42. The van der Waals surface area contributed by atoms with E-state index in [1.54, 1.807) is 0 Å². The van der Waals surface area contributed by atoms with Gasteiger partial charge in [0.25, 0.3) is 0 Å². The van der Waals surface area contributed by atoms with Gasteiger partial charge in [-0.05, 0) is 0 Å². The monoisotopic (exact) mass is 214 g/mol. The van der Waals surface area contributed by atoms with Crippen molar-refractivity contribution in [2.75, 3.05) is 13.7 Å². The molecule has 5 N–H and O–H groups in total. The van der Waals surface area contributed by atoms with Crippen LogP contribution in [0.1, 0.15) is 6.42 Å². The Morgan fingerprint density at radius 2 is 2.27 bits per heavy atom. The topological polar surface area (TPSA) is 120 Å². The van der Waals surface area contributed by atoms with Gasteiger partial charge in [0.1, 0.15) is 0 Å². The average molecular weight is 214 g/mol. The van der Waals surface area contributed by atoms with Crippen molar-refractivity contribution in [1.82, 2.24) is 5.32 Å². The molecule has 2 amide bonds. The SMILES string of the molecule is COCCC1(C(N)=O)NC=NC1C(N)=O. The lowest BCUT2D eigenvalue weighted by atomic mass is 9.87. The fourth-order valence-corrected chi connectivity index (χ4v) is 1.55. The second-order valence-electron chi connectivity index (χ2n) is 3.31. The zero-order valence-corrected chi connectivity index (χ0v) is 8.40. The predicted octanol–water partition coefficient (Wildman–Crippen LogP) is -2.27. The van der Waals surface area contributed by atoms with Crippen LogP contribution in [0.25, 0.3) is 0 Å². The van der Waals surface area contributed by atoms with Crippen molar-refractivity contribution in [3.63, 3.8) is 0 Å². The molecule has 0 saturated heterocycles. The number of ether oxygens (including phenoxy) is 1. The Hall–Kier alpha value is -1.63. The summed E-state index contributed by atoms with van der Waals surface area (Å²) in [4.78, 5) is 26.3. The summed E-state index contributed by atoms with van der Waals surface area (Å²) in [6, 6.07) is -0.967. The lowest BCUT2D eigenvalue weighted by Gasteiger charge is -2.29. The standard InChI is InChI=1S/C8H14N4O3/c1-15-3-2-8(7(10)14)5(6(9)13)11-4-12-8/h4-5H,2-3H2,1H3,(H2,9,13)(H2,10,14)(H,11,12). The van der Waals surface area contributed by atoms with Gasteiger partial charge in [0.2, 0.25) is 11.8 Å². The highest BCUT2D eigenvalue weighted by atomic mass is 16.5. The zero-order valence-electron chi connectivity index (χ0n) is 8.40. The van der Waals surface area contributed by atoms with Crippen LogP contribution >= 0.6 is 0 Å². The highest BCUT2D eigenvalue weighted by Crippen LogP contribution is 2.21. The molecular weight excluding hydrogens is 200 g/mol. The van der Waals surface area contributed by atoms with Crippen molar-refractivity contribution < 1.29 is 14.3 Å². The van der Waals surface area contributed by atoms with Crippen molar-refractivity contribution in [2.45, 2.75) is 18.0 Å². The molecule has 1 heterocycles. The Bertz CT molecular complexity index is 304. The number of hydrogen-bond acceptors (Lipinski definition) is 5. The van der Waals surface area contributed by atoms with E-state index in [2.05, 4.69) is 10.3 Å². The van der Waals surface area contributed by atoms with Crippen molar-refractivity contribution in [1.29, 1.82) is 0 Å². The molecule has 0 radical (unpaired) electrons. The summed E-state index contributed by atoms with van der Waals surface area (Å²) in [7, 11) is 1.49. The van der Waals surface area contributed by atoms with E-state index in [0.717, 1.165) is 0 Å². The maximum Gasteiger partial charge on any atom is 0.246 e. The molecule has 0 fully saturated rings. The summed E-state index contributed by atoms with van der Waals surface area (Å²) in [6.07, 6.45) is 1.52. The number of nitrogens with zero attached hydrogens (tertiary/aromatic N) is 1. The van der Waals surface area contributed by atoms with Gasteiger partial charge in [0.15, 0.2) is 11.6 Å². The highest BCUT2D eigenvalue weighted by Gasteiger charge is 2.49. The number of carbonyl (C=O) groups excluding carboxylic acids is 2. The van der Waals surface area contributed by atoms with Crippen LogP contribution in [0.4, 0.5) is 0 Å². The molecular formula is C8H14N4O3. The second-order valence-corrected chi connectivity index (χ2v) is 3.31. The number of rotatable bonds is 5. The molecule has 0 spiro atoms. The normalized spacial score (nSPS) is 28.7. The minimum absolute atomic E-state index is 0.242. The molecule has 0 aromatic heterocycles. The van der Waals surface area contributed by atoms with Crippen LogP contribution < -0.4 is 16.8 Å². The predicted molar refractivity (Wildman–Crippen MR) is 53.0 cm³/mol. The van der Waals surface area contributed by atoms with Gasteiger partial charge in [-0.25, -0.2) is 0 Å². The highest BCUT2D eigenvalue weighted by molar-refractivity contribution is 5.98. The van der Waals surface area contributed by atoms with Gasteiger partial charge in [0, 0.05) is 20.1 Å². The molecule has 0 aromatic rings. The van der Waals surface area contributed by atoms with Gasteiger partial charge >= 0.3 is 0 Å². The number of nitrogens with two attached hydrogens (primary N) is 2. The van der Waals surface area contributed by atoms with Crippen LogP contribution in [0.3, 0.4) is 0 Å². The van der Waals surface area contributed by atoms with E-state index in [4.69, 9.17) is 16.2 Å². The summed E-state index contributed by atoms with van der Waals surface area (Å²) in [6.45, 7) is 0.281. The third kappa shape index (κ3) is 1.91. The first kappa shape index (κ1) is 11.4. The number of carbonyl (C=O) groups is 2. The Balaban J connectivity index is 2.90. The summed E-state index contributed by atoms with van der Waals surface area (Å²) in [5.41, 5.74) is 9.15. The molecule has 1 rings (SSSR count). The third-order valence-corrected chi connectivity index (χ3v) is 2.42. The van der Waals surface area contributed by atoms with E-state index >= 15 is 0 Å². The number of amides is 2. The summed E-state index contributed by atoms with van der Waals surface area (Å²) >= 11 is 0. The van der Waals surface area contributed by atoms with Crippen LogP contribution in [-0.2, 0) is 14.3 Å². The molecule has 2 atom stereocenters. The molecule has 0 aromatic carbocycles. The van der Waals surface area contributed by atoms with Crippen LogP contribution in [0, 0.1) is 0 Å². The Morgan fingerprint density at radius 3 is 2.73 bits per heavy atom. The second kappa shape index (κ2) is 4.26. The lowest BCUT2D eigenvalue weighted by molar-refractivity contribution is -0.130. The van der Waals surface area contributed by atoms with E-state index in [1.165, 1.54) is 13.4 Å².